The van der Waals surface area contributed by atoms with Gasteiger partial charge in [0.05, 0.1) is 5.69 Å². The van der Waals surface area contributed by atoms with Crippen molar-refractivity contribution >= 4 is 11.8 Å². The van der Waals surface area contributed by atoms with Gasteiger partial charge in [0.15, 0.2) is 0 Å². The third-order valence-corrected chi connectivity index (χ3v) is 4.69. The van der Waals surface area contributed by atoms with Gasteiger partial charge >= 0.3 is 0 Å². The molecule has 0 atom stereocenters. The summed E-state index contributed by atoms with van der Waals surface area (Å²) in [6, 6.07) is 12.5. The molecule has 142 valence electrons. The van der Waals surface area contributed by atoms with Gasteiger partial charge < -0.3 is 9.80 Å². The number of rotatable bonds is 3. The molecule has 3 aromatic rings. The van der Waals surface area contributed by atoms with Crippen LogP contribution in [0.4, 0.5) is 0 Å². The molecule has 0 radical (unpaired) electrons. The summed E-state index contributed by atoms with van der Waals surface area (Å²) in [5.74, 6) is -0.148. The number of hydrogen-bond acceptors (Lipinski definition) is 6. The van der Waals surface area contributed by atoms with Crippen LogP contribution in [0.1, 0.15) is 26.5 Å². The van der Waals surface area contributed by atoms with Crippen LogP contribution in [0.15, 0.2) is 48.8 Å². The zero-order valence-corrected chi connectivity index (χ0v) is 15.4. The minimum absolute atomic E-state index is 0.0518. The topological polar surface area (TPSA) is 97.1 Å². The van der Waals surface area contributed by atoms with Crippen molar-refractivity contribution < 1.29 is 9.59 Å². The standard InChI is InChI=1S/C19H19N7O2/c1-14-3-2-4-17(21-14)19(28)25-11-9-24(10-12-25)18(27)15-5-7-16(8-6-15)26-13-20-22-23-26/h2-8,13H,9-12H2,1H3. The van der Waals surface area contributed by atoms with E-state index in [-0.39, 0.29) is 11.8 Å². The first-order chi connectivity index (χ1) is 13.6. The highest BCUT2D eigenvalue weighted by Crippen LogP contribution is 2.13. The van der Waals surface area contributed by atoms with Gasteiger partial charge in [0.1, 0.15) is 12.0 Å². The summed E-state index contributed by atoms with van der Waals surface area (Å²) in [4.78, 5) is 33.1. The van der Waals surface area contributed by atoms with Crippen LogP contribution < -0.4 is 0 Å². The Labute approximate surface area is 161 Å². The van der Waals surface area contributed by atoms with Gasteiger partial charge in [-0.25, -0.2) is 9.67 Å². The Morgan fingerprint density at radius 1 is 0.893 bits per heavy atom. The Hall–Kier alpha value is -3.62. The summed E-state index contributed by atoms with van der Waals surface area (Å²) in [5.41, 5.74) is 2.63. The minimum Gasteiger partial charge on any atom is -0.335 e. The van der Waals surface area contributed by atoms with E-state index in [4.69, 9.17) is 0 Å². The number of tetrazole rings is 1. The number of hydrogen-bond donors (Lipinski definition) is 0. The highest BCUT2D eigenvalue weighted by molar-refractivity contribution is 5.95. The van der Waals surface area contributed by atoms with E-state index in [1.54, 1.807) is 40.1 Å². The molecule has 0 unspecified atom stereocenters. The van der Waals surface area contributed by atoms with Crippen molar-refractivity contribution in [1.29, 1.82) is 0 Å². The van der Waals surface area contributed by atoms with E-state index >= 15 is 0 Å². The molecule has 2 aromatic heterocycles. The van der Waals surface area contributed by atoms with Crippen LogP contribution in [0, 0.1) is 6.92 Å². The maximum atomic E-state index is 12.8. The van der Waals surface area contributed by atoms with Gasteiger partial charge in [-0.2, -0.15) is 0 Å². The van der Waals surface area contributed by atoms with Crippen LogP contribution in [0.2, 0.25) is 0 Å². The summed E-state index contributed by atoms with van der Waals surface area (Å²) in [7, 11) is 0. The monoisotopic (exact) mass is 377 g/mol. The second-order valence-electron chi connectivity index (χ2n) is 6.55. The molecule has 2 amide bonds. The van der Waals surface area contributed by atoms with Crippen LogP contribution in [0.3, 0.4) is 0 Å². The Kier molecular flexibility index (Phi) is 4.79. The average molecular weight is 377 g/mol. The number of carbonyl (C=O) groups excluding carboxylic acids is 2. The van der Waals surface area contributed by atoms with Gasteiger partial charge in [-0.05, 0) is 53.7 Å². The molecule has 0 spiro atoms. The van der Waals surface area contributed by atoms with Crippen LogP contribution in [0.25, 0.3) is 5.69 Å². The molecule has 0 bridgehead atoms. The van der Waals surface area contributed by atoms with Gasteiger partial charge in [0.2, 0.25) is 0 Å². The number of aryl methyl sites for hydroxylation is 1. The summed E-state index contributed by atoms with van der Waals surface area (Å²) in [5, 5.41) is 11.0. The Balaban J connectivity index is 1.38. The number of pyridine rings is 1. The van der Waals surface area contributed by atoms with Crippen molar-refractivity contribution in [3.63, 3.8) is 0 Å². The fourth-order valence-corrected chi connectivity index (χ4v) is 3.16. The zero-order valence-electron chi connectivity index (χ0n) is 15.4. The molecule has 0 N–H and O–H groups in total. The van der Waals surface area contributed by atoms with E-state index in [1.807, 2.05) is 19.1 Å². The number of benzene rings is 1. The van der Waals surface area contributed by atoms with Crippen molar-refractivity contribution in [3.05, 3.63) is 65.7 Å². The van der Waals surface area contributed by atoms with Gasteiger partial charge in [-0.15, -0.1) is 5.10 Å². The molecule has 1 aliphatic heterocycles. The molecule has 28 heavy (non-hydrogen) atoms. The lowest BCUT2D eigenvalue weighted by Gasteiger charge is -2.34. The van der Waals surface area contributed by atoms with Crippen molar-refractivity contribution in [2.24, 2.45) is 0 Å². The maximum Gasteiger partial charge on any atom is 0.272 e. The van der Waals surface area contributed by atoms with E-state index in [9.17, 15) is 9.59 Å². The van der Waals surface area contributed by atoms with Crippen molar-refractivity contribution in [2.75, 3.05) is 26.2 Å². The van der Waals surface area contributed by atoms with Gasteiger partial charge in [-0.3, -0.25) is 9.59 Å². The molecule has 0 saturated carbocycles. The second kappa shape index (κ2) is 7.55. The first kappa shape index (κ1) is 17.8. The van der Waals surface area contributed by atoms with Crippen LogP contribution in [0.5, 0.6) is 0 Å². The highest BCUT2D eigenvalue weighted by atomic mass is 16.2. The molecular formula is C19H19N7O2. The van der Waals surface area contributed by atoms with Crippen LogP contribution in [-0.4, -0.2) is 73.0 Å². The molecule has 1 aliphatic rings. The number of piperazine rings is 1. The lowest BCUT2D eigenvalue weighted by molar-refractivity contribution is 0.0532. The first-order valence-corrected chi connectivity index (χ1v) is 8.97. The third-order valence-electron chi connectivity index (χ3n) is 4.69. The summed E-state index contributed by atoms with van der Waals surface area (Å²) in [6.07, 6.45) is 1.50. The van der Waals surface area contributed by atoms with E-state index in [2.05, 4.69) is 20.5 Å². The Bertz CT molecular complexity index is 978. The highest BCUT2D eigenvalue weighted by Gasteiger charge is 2.26. The van der Waals surface area contributed by atoms with Crippen LogP contribution in [-0.2, 0) is 0 Å². The molecule has 9 nitrogen and oxygen atoms in total. The normalized spacial score (nSPS) is 14.2. The molecule has 3 heterocycles. The number of carbonyl (C=O) groups is 2. The molecule has 1 saturated heterocycles. The lowest BCUT2D eigenvalue weighted by Crippen LogP contribution is -2.50. The fourth-order valence-electron chi connectivity index (χ4n) is 3.16. The molecule has 0 aliphatic carbocycles. The summed E-state index contributed by atoms with van der Waals surface area (Å²) < 4.78 is 1.53. The second-order valence-corrected chi connectivity index (χ2v) is 6.55. The van der Waals surface area contributed by atoms with Gasteiger partial charge in [0, 0.05) is 37.4 Å². The predicted octanol–water partition coefficient (Wildman–Crippen LogP) is 0.964. The van der Waals surface area contributed by atoms with Crippen LogP contribution >= 0.6 is 0 Å². The minimum atomic E-state index is -0.0957. The van der Waals surface area contributed by atoms with Gasteiger partial charge in [0.25, 0.3) is 11.8 Å². The quantitative estimate of drug-likeness (QED) is 0.675. The first-order valence-electron chi connectivity index (χ1n) is 8.97. The van der Waals surface area contributed by atoms with E-state index < -0.39 is 0 Å². The summed E-state index contributed by atoms with van der Waals surface area (Å²) >= 11 is 0. The zero-order chi connectivity index (χ0) is 19.5. The summed E-state index contributed by atoms with van der Waals surface area (Å²) in [6.45, 7) is 3.82. The number of nitrogens with zero attached hydrogens (tertiary/aromatic N) is 7. The molecule has 9 heteroatoms. The van der Waals surface area contributed by atoms with E-state index in [0.29, 0.717) is 37.4 Å². The predicted molar refractivity (Wildman–Crippen MR) is 99.9 cm³/mol. The van der Waals surface area contributed by atoms with Crippen molar-refractivity contribution in [1.82, 2.24) is 35.0 Å². The lowest BCUT2D eigenvalue weighted by atomic mass is 10.1. The van der Waals surface area contributed by atoms with Crippen molar-refractivity contribution in [2.45, 2.75) is 6.92 Å². The van der Waals surface area contributed by atoms with Crippen molar-refractivity contribution in [3.8, 4) is 5.69 Å². The molecule has 4 rings (SSSR count). The molecular weight excluding hydrogens is 358 g/mol. The van der Waals surface area contributed by atoms with E-state index in [1.165, 1.54) is 11.0 Å². The van der Waals surface area contributed by atoms with Gasteiger partial charge in [-0.1, -0.05) is 6.07 Å². The Morgan fingerprint density at radius 3 is 2.18 bits per heavy atom. The molecule has 1 fully saturated rings. The fraction of sp³-hybridized carbons (Fsp3) is 0.263. The third kappa shape index (κ3) is 3.59. The Morgan fingerprint density at radius 2 is 1.57 bits per heavy atom. The maximum absolute atomic E-state index is 12.8. The molecule has 1 aromatic carbocycles. The number of aromatic nitrogens is 5. The van der Waals surface area contributed by atoms with E-state index in [0.717, 1.165) is 11.4 Å². The number of amides is 2. The SMILES string of the molecule is Cc1cccc(C(=O)N2CCN(C(=O)c3ccc(-n4cnnn4)cc3)CC2)n1. The smallest absolute Gasteiger partial charge is 0.272 e. The average Bonchev–Trinajstić information content (AvgIpc) is 3.28. The largest absolute Gasteiger partial charge is 0.335 e.